The number of benzene rings is 1. The van der Waals surface area contributed by atoms with Gasteiger partial charge in [0.1, 0.15) is 5.75 Å². The van der Waals surface area contributed by atoms with Gasteiger partial charge < -0.3 is 5.11 Å². The zero-order chi connectivity index (χ0) is 28.9. The second-order valence-electron chi connectivity index (χ2n) is 12.9. The molecule has 1 aromatic heterocycles. The van der Waals surface area contributed by atoms with Gasteiger partial charge >= 0.3 is 0 Å². The molecule has 0 fully saturated rings. The van der Waals surface area contributed by atoms with Gasteiger partial charge in [-0.25, -0.2) is 9.97 Å². The largest absolute Gasteiger partial charge is 0.507 e. The quantitative estimate of drug-likeness (QED) is 0.150. The van der Waals surface area contributed by atoms with Crippen LogP contribution in [0.5, 0.6) is 5.75 Å². The van der Waals surface area contributed by atoms with E-state index >= 15 is 0 Å². The van der Waals surface area contributed by atoms with Crippen molar-refractivity contribution >= 4 is 23.5 Å². The highest BCUT2D eigenvalue weighted by Gasteiger charge is 2.27. The molecule has 0 amide bonds. The molecular weight excluding hydrogens is 519 g/mol. The van der Waals surface area contributed by atoms with Crippen LogP contribution in [0.3, 0.4) is 0 Å². The van der Waals surface area contributed by atoms with Crippen LogP contribution in [0.15, 0.2) is 22.4 Å². The van der Waals surface area contributed by atoms with Crippen molar-refractivity contribution in [2.24, 2.45) is 0 Å². The lowest BCUT2D eigenvalue weighted by Gasteiger charge is -2.28. The molecule has 0 unspecified atom stereocenters. The monoisotopic (exact) mass is 573 g/mol. The maximum absolute atomic E-state index is 11.2. The van der Waals surface area contributed by atoms with E-state index in [-0.39, 0.29) is 10.8 Å². The molecule has 4 nitrogen and oxygen atoms in total. The van der Waals surface area contributed by atoms with Crippen LogP contribution in [0.1, 0.15) is 144 Å². The Balaban J connectivity index is 2.30. The van der Waals surface area contributed by atoms with Crippen LogP contribution in [-0.4, -0.2) is 31.6 Å². The van der Waals surface area contributed by atoms with Crippen LogP contribution in [0.25, 0.3) is 11.4 Å². The summed E-state index contributed by atoms with van der Waals surface area (Å²) in [6.45, 7) is 17.4. The molecule has 2 aromatic rings. The van der Waals surface area contributed by atoms with E-state index < -0.39 is 0 Å². The molecule has 220 valence electrons. The molecule has 1 aromatic carbocycles. The van der Waals surface area contributed by atoms with E-state index in [1.807, 2.05) is 0 Å². The summed E-state index contributed by atoms with van der Waals surface area (Å²) >= 11 is 3.52. The molecule has 2 rings (SSSR count). The highest BCUT2D eigenvalue weighted by Crippen LogP contribution is 2.41. The van der Waals surface area contributed by atoms with Crippen molar-refractivity contribution in [1.82, 2.24) is 15.0 Å². The number of thioether (sulfide) groups is 2. The van der Waals surface area contributed by atoms with Crippen molar-refractivity contribution in [2.45, 2.75) is 154 Å². The third-order valence-corrected chi connectivity index (χ3v) is 8.90. The first-order valence-corrected chi connectivity index (χ1v) is 17.3. The molecule has 0 aliphatic rings. The maximum Gasteiger partial charge on any atom is 0.192 e. The Kier molecular flexibility index (Phi) is 14.7. The molecule has 0 saturated carbocycles. The minimum atomic E-state index is -0.197. The number of rotatable bonds is 17. The lowest BCUT2D eigenvalue weighted by Crippen LogP contribution is -2.17. The average Bonchev–Trinajstić information content (AvgIpc) is 2.86. The van der Waals surface area contributed by atoms with E-state index in [1.54, 1.807) is 23.5 Å². The van der Waals surface area contributed by atoms with Gasteiger partial charge in [0, 0.05) is 28.2 Å². The lowest BCUT2D eigenvalue weighted by atomic mass is 9.78. The van der Waals surface area contributed by atoms with E-state index in [9.17, 15) is 5.11 Å². The van der Waals surface area contributed by atoms with E-state index in [4.69, 9.17) is 15.0 Å². The van der Waals surface area contributed by atoms with Gasteiger partial charge in [0.05, 0.1) is 0 Å². The zero-order valence-corrected chi connectivity index (χ0v) is 27.8. The Morgan fingerprint density at radius 2 is 0.974 bits per heavy atom. The number of hydrogen-bond donors (Lipinski definition) is 1. The Hall–Kier alpha value is -1.27. The van der Waals surface area contributed by atoms with Gasteiger partial charge in [0.2, 0.25) is 0 Å². The van der Waals surface area contributed by atoms with Crippen LogP contribution < -0.4 is 0 Å². The molecule has 39 heavy (non-hydrogen) atoms. The van der Waals surface area contributed by atoms with Crippen molar-refractivity contribution in [3.05, 3.63) is 23.3 Å². The molecule has 0 radical (unpaired) electrons. The zero-order valence-electron chi connectivity index (χ0n) is 26.2. The first-order chi connectivity index (χ1) is 18.5. The summed E-state index contributed by atoms with van der Waals surface area (Å²) in [6, 6.07) is 4.18. The SMILES string of the molecule is CCCCCCCCSc1nc(SCCCCCCCC)nc(-c2cc(C(C)(C)C)c(O)c(C(C)(C)C)c2)n1. The minimum absolute atomic E-state index is 0.197. The number of hydrogen-bond acceptors (Lipinski definition) is 6. The van der Waals surface area contributed by atoms with E-state index in [2.05, 4.69) is 67.5 Å². The summed E-state index contributed by atoms with van der Waals surface area (Å²) in [4.78, 5) is 14.8. The fourth-order valence-electron chi connectivity index (χ4n) is 4.59. The molecule has 1 heterocycles. The second-order valence-corrected chi connectivity index (χ2v) is 15.0. The van der Waals surface area contributed by atoms with Crippen molar-refractivity contribution in [3.63, 3.8) is 0 Å². The molecule has 0 aliphatic carbocycles. The summed E-state index contributed by atoms with van der Waals surface area (Å²) in [5.41, 5.74) is 2.45. The van der Waals surface area contributed by atoms with Crippen LogP contribution in [0, 0.1) is 0 Å². The van der Waals surface area contributed by atoms with Crippen LogP contribution >= 0.6 is 23.5 Å². The Morgan fingerprint density at radius 1 is 0.590 bits per heavy atom. The fraction of sp³-hybridized carbons (Fsp3) is 0.727. The summed E-state index contributed by atoms with van der Waals surface area (Å²) < 4.78 is 0. The Labute approximate surface area is 248 Å². The van der Waals surface area contributed by atoms with Crippen molar-refractivity contribution in [3.8, 4) is 17.1 Å². The van der Waals surface area contributed by atoms with Crippen LogP contribution in [0.4, 0.5) is 0 Å². The van der Waals surface area contributed by atoms with Gasteiger partial charge in [-0.3, -0.25) is 0 Å². The highest BCUT2D eigenvalue weighted by atomic mass is 32.2. The number of unbranched alkanes of at least 4 members (excludes halogenated alkanes) is 10. The normalized spacial score (nSPS) is 12.3. The highest BCUT2D eigenvalue weighted by molar-refractivity contribution is 7.99. The van der Waals surface area contributed by atoms with Crippen LogP contribution in [0.2, 0.25) is 0 Å². The first-order valence-electron chi connectivity index (χ1n) is 15.4. The molecule has 0 spiro atoms. The van der Waals surface area contributed by atoms with Gasteiger partial charge in [-0.2, -0.15) is 4.98 Å². The molecular formula is C33H55N3OS2. The number of phenolic OH excluding ortho intramolecular Hbond substituents is 1. The second kappa shape index (κ2) is 16.9. The van der Waals surface area contributed by atoms with E-state index in [0.29, 0.717) is 5.75 Å². The molecule has 0 aliphatic heterocycles. The first kappa shape index (κ1) is 33.9. The van der Waals surface area contributed by atoms with Gasteiger partial charge in [-0.15, -0.1) is 0 Å². The molecule has 6 heteroatoms. The smallest absolute Gasteiger partial charge is 0.192 e. The predicted molar refractivity (Wildman–Crippen MR) is 173 cm³/mol. The third-order valence-electron chi connectivity index (χ3n) is 7.04. The maximum atomic E-state index is 11.2. The summed E-state index contributed by atoms with van der Waals surface area (Å²) in [6.07, 6.45) is 15.5. The number of nitrogens with zero attached hydrogens (tertiary/aromatic N) is 3. The molecule has 0 atom stereocenters. The van der Waals surface area contributed by atoms with Gasteiger partial charge in [-0.1, -0.05) is 143 Å². The molecule has 1 N–H and O–H groups in total. The summed E-state index contributed by atoms with van der Waals surface area (Å²) in [5, 5.41) is 12.9. The lowest BCUT2D eigenvalue weighted by molar-refractivity contribution is 0.423. The van der Waals surface area contributed by atoms with Gasteiger partial charge in [0.15, 0.2) is 16.1 Å². The summed E-state index contributed by atoms with van der Waals surface area (Å²) in [5.74, 6) is 3.18. The molecule has 0 bridgehead atoms. The Morgan fingerprint density at radius 3 is 1.36 bits per heavy atom. The Bertz CT molecular complexity index is 924. The number of aromatic nitrogens is 3. The van der Waals surface area contributed by atoms with E-state index in [0.717, 1.165) is 44.3 Å². The van der Waals surface area contributed by atoms with E-state index in [1.165, 1.54) is 77.0 Å². The van der Waals surface area contributed by atoms with Gasteiger partial charge in [-0.05, 0) is 35.8 Å². The summed E-state index contributed by atoms with van der Waals surface area (Å²) in [7, 11) is 0. The minimum Gasteiger partial charge on any atom is -0.507 e. The third kappa shape index (κ3) is 12.0. The number of aromatic hydroxyl groups is 1. The molecule has 0 saturated heterocycles. The van der Waals surface area contributed by atoms with Crippen molar-refractivity contribution in [1.29, 1.82) is 0 Å². The van der Waals surface area contributed by atoms with Crippen molar-refractivity contribution in [2.75, 3.05) is 11.5 Å². The number of phenols is 1. The fourth-order valence-corrected chi connectivity index (χ4v) is 6.32. The predicted octanol–water partition coefficient (Wildman–Crippen LogP) is 10.7. The van der Waals surface area contributed by atoms with Crippen molar-refractivity contribution < 1.29 is 5.11 Å². The topological polar surface area (TPSA) is 58.9 Å². The standard InChI is InChI=1S/C33H55N3OS2/c1-9-11-13-15-17-19-21-38-30-34-29(35-31(36-30)39-22-20-18-16-14-12-10-2)25-23-26(32(3,4)5)28(37)27(24-25)33(6,7)8/h23-24,37H,9-22H2,1-8H3. The van der Waals surface area contributed by atoms with Gasteiger partial charge in [0.25, 0.3) is 0 Å². The van der Waals surface area contributed by atoms with Crippen LogP contribution in [-0.2, 0) is 10.8 Å². The average molecular weight is 574 g/mol.